The Morgan fingerprint density at radius 1 is 0.906 bits per heavy atom. The molecule has 1 aromatic carbocycles. The molecule has 4 unspecified atom stereocenters. The number of carboxylic acids is 1. The Bertz CT molecular complexity index is 1070. The van der Waals surface area contributed by atoms with Crippen LogP contribution in [0.1, 0.15) is 62.2 Å². The molecule has 0 aromatic heterocycles. The quantitative estimate of drug-likeness (QED) is 0.456. The van der Waals surface area contributed by atoms with Crippen molar-refractivity contribution in [1.29, 1.82) is 0 Å². The van der Waals surface area contributed by atoms with Gasteiger partial charge < -0.3 is 14.6 Å². The number of aromatic carboxylic acids is 1. The van der Waals surface area contributed by atoms with Crippen LogP contribution in [0.3, 0.4) is 0 Å². The highest BCUT2D eigenvalue weighted by molar-refractivity contribution is 7.85. The van der Waals surface area contributed by atoms with Gasteiger partial charge in [-0.25, -0.2) is 9.59 Å². The minimum Gasteiger partial charge on any atom is -0.478 e. The van der Waals surface area contributed by atoms with E-state index in [9.17, 15) is 27.9 Å². The van der Waals surface area contributed by atoms with Gasteiger partial charge in [-0.1, -0.05) is 0 Å². The van der Waals surface area contributed by atoms with E-state index in [1.807, 2.05) is 13.8 Å². The van der Waals surface area contributed by atoms with E-state index in [2.05, 4.69) is 0 Å². The molecule has 2 aliphatic rings. The molecular formula is C22H28O9S. The zero-order chi connectivity index (χ0) is 24.0. The summed E-state index contributed by atoms with van der Waals surface area (Å²) in [6, 6.07) is 0. The molecule has 0 aliphatic heterocycles. The summed E-state index contributed by atoms with van der Waals surface area (Å²) in [4.78, 5) is 37.2. The van der Waals surface area contributed by atoms with Crippen LogP contribution in [0, 0.1) is 45.4 Å². The van der Waals surface area contributed by atoms with Gasteiger partial charge in [-0.05, 0) is 81.0 Å². The summed E-state index contributed by atoms with van der Waals surface area (Å²) < 4.78 is 41.0. The van der Waals surface area contributed by atoms with Gasteiger partial charge in [-0.3, -0.25) is 9.35 Å². The summed E-state index contributed by atoms with van der Waals surface area (Å²) in [5, 5.41) is 9.71. The largest absolute Gasteiger partial charge is 0.478 e. The normalized spacial score (nSPS) is 24.4. The van der Waals surface area contributed by atoms with Gasteiger partial charge in [-0.2, -0.15) is 8.42 Å². The average Bonchev–Trinajstić information content (AvgIpc) is 3.27. The number of hydrogen-bond donors (Lipinski definition) is 2. The Kier molecular flexibility index (Phi) is 6.67. The van der Waals surface area contributed by atoms with Crippen LogP contribution in [0.4, 0.5) is 0 Å². The van der Waals surface area contributed by atoms with Crippen molar-refractivity contribution in [2.45, 2.75) is 53.1 Å². The lowest BCUT2D eigenvalue weighted by molar-refractivity contribution is -0.150. The molecule has 0 spiro atoms. The number of ether oxygens (including phenoxy) is 2. The molecule has 0 heterocycles. The maximum atomic E-state index is 13.0. The van der Waals surface area contributed by atoms with Crippen molar-refractivity contribution in [3.05, 3.63) is 33.4 Å². The fourth-order valence-corrected chi connectivity index (χ4v) is 5.34. The second kappa shape index (κ2) is 8.82. The summed E-state index contributed by atoms with van der Waals surface area (Å²) in [5.41, 5.74) is 2.82. The van der Waals surface area contributed by atoms with E-state index >= 15 is 0 Å². The molecule has 0 saturated heterocycles. The number of carbonyl (C=O) groups excluding carboxylic acids is 2. The molecule has 2 aliphatic carbocycles. The Morgan fingerprint density at radius 2 is 1.50 bits per heavy atom. The first kappa shape index (κ1) is 24.2. The Hall–Kier alpha value is -2.46. The zero-order valence-corrected chi connectivity index (χ0v) is 19.3. The van der Waals surface area contributed by atoms with E-state index in [1.165, 1.54) is 0 Å². The molecular weight excluding hydrogens is 440 g/mol. The van der Waals surface area contributed by atoms with Crippen molar-refractivity contribution in [2.24, 2.45) is 17.8 Å². The van der Waals surface area contributed by atoms with Crippen molar-refractivity contribution in [3.63, 3.8) is 0 Å². The van der Waals surface area contributed by atoms with Crippen molar-refractivity contribution in [2.75, 3.05) is 12.4 Å². The second-order valence-corrected chi connectivity index (χ2v) is 10.4. The third-order valence-corrected chi connectivity index (χ3v) is 7.73. The molecule has 176 valence electrons. The van der Waals surface area contributed by atoms with Gasteiger partial charge in [0.25, 0.3) is 10.1 Å². The fraction of sp³-hybridized carbons (Fsp3) is 0.591. The summed E-state index contributed by atoms with van der Waals surface area (Å²) in [7, 11) is -4.20. The van der Waals surface area contributed by atoms with E-state index in [4.69, 9.17) is 14.0 Å². The van der Waals surface area contributed by atoms with Crippen LogP contribution in [0.2, 0.25) is 0 Å². The van der Waals surface area contributed by atoms with Gasteiger partial charge in [0.05, 0.1) is 17.0 Å². The van der Waals surface area contributed by atoms with Crippen molar-refractivity contribution in [3.8, 4) is 0 Å². The zero-order valence-electron chi connectivity index (χ0n) is 18.5. The number of fused-ring (bicyclic) bond motifs is 2. The first-order valence-corrected chi connectivity index (χ1v) is 12.1. The van der Waals surface area contributed by atoms with Gasteiger partial charge in [0, 0.05) is 0 Å². The van der Waals surface area contributed by atoms with Crippen LogP contribution in [-0.2, 0) is 24.4 Å². The lowest BCUT2D eigenvalue weighted by atomic mass is 9.86. The van der Waals surface area contributed by atoms with Crippen molar-refractivity contribution >= 4 is 28.0 Å². The standard InChI is InChI=1S/C22H28O9S/c1-10-11(2)13(4)19(18(12(10)3)20(23)24)22(26)31-17-9-14-7-15(17)8-16(14)21(25)30-5-6-32(27,28)29/h14-17H,5-9H2,1-4H3,(H,23,24)(H,27,28,29). The summed E-state index contributed by atoms with van der Waals surface area (Å²) in [6.07, 6.45) is 1.16. The molecule has 3 rings (SSSR count). The third-order valence-electron chi connectivity index (χ3n) is 7.04. The Morgan fingerprint density at radius 3 is 2.00 bits per heavy atom. The molecule has 4 atom stereocenters. The number of carboxylic acid groups (broad SMARTS) is 1. The van der Waals surface area contributed by atoms with Crippen LogP contribution in [0.5, 0.6) is 0 Å². The molecule has 2 N–H and O–H groups in total. The lowest BCUT2D eigenvalue weighted by Crippen LogP contribution is -2.32. The molecule has 32 heavy (non-hydrogen) atoms. The monoisotopic (exact) mass is 468 g/mol. The van der Waals surface area contributed by atoms with Crippen molar-refractivity contribution in [1.82, 2.24) is 0 Å². The van der Waals surface area contributed by atoms with Crippen LogP contribution >= 0.6 is 0 Å². The third kappa shape index (κ3) is 4.66. The maximum absolute atomic E-state index is 13.0. The Labute approximate surface area is 186 Å². The molecule has 2 fully saturated rings. The van der Waals surface area contributed by atoms with Gasteiger partial charge in [0.15, 0.2) is 0 Å². The van der Waals surface area contributed by atoms with Crippen molar-refractivity contribution < 1.29 is 41.9 Å². The lowest BCUT2D eigenvalue weighted by Gasteiger charge is -2.27. The summed E-state index contributed by atoms with van der Waals surface area (Å²) >= 11 is 0. The predicted octanol–water partition coefficient (Wildman–Crippen LogP) is 2.62. The number of hydrogen-bond acceptors (Lipinski definition) is 7. The maximum Gasteiger partial charge on any atom is 0.339 e. The van der Waals surface area contributed by atoms with Gasteiger partial charge >= 0.3 is 17.9 Å². The van der Waals surface area contributed by atoms with E-state index in [-0.39, 0.29) is 23.0 Å². The topological polar surface area (TPSA) is 144 Å². The molecule has 9 nitrogen and oxygen atoms in total. The first-order chi connectivity index (χ1) is 14.8. The molecule has 2 saturated carbocycles. The molecule has 10 heteroatoms. The molecule has 0 amide bonds. The van der Waals surface area contributed by atoms with Crippen LogP contribution < -0.4 is 0 Å². The van der Waals surface area contributed by atoms with Gasteiger partial charge in [0.1, 0.15) is 18.5 Å². The number of carbonyl (C=O) groups is 3. The molecule has 0 radical (unpaired) electrons. The molecule has 1 aromatic rings. The minimum atomic E-state index is -4.20. The van der Waals surface area contributed by atoms with E-state index < -0.39 is 52.4 Å². The predicted molar refractivity (Wildman–Crippen MR) is 113 cm³/mol. The smallest absolute Gasteiger partial charge is 0.339 e. The van der Waals surface area contributed by atoms with E-state index in [0.717, 1.165) is 11.1 Å². The summed E-state index contributed by atoms with van der Waals surface area (Å²) in [6.45, 7) is 6.65. The van der Waals surface area contributed by atoms with Crippen LogP contribution in [0.15, 0.2) is 0 Å². The first-order valence-electron chi connectivity index (χ1n) is 10.5. The van der Waals surface area contributed by atoms with E-state index in [0.29, 0.717) is 30.4 Å². The minimum absolute atomic E-state index is 0.0425. The van der Waals surface area contributed by atoms with E-state index in [1.54, 1.807) is 13.8 Å². The molecule has 2 bridgehead atoms. The van der Waals surface area contributed by atoms with Gasteiger partial charge in [-0.15, -0.1) is 0 Å². The summed E-state index contributed by atoms with van der Waals surface area (Å²) in [5.74, 6) is -3.53. The highest BCUT2D eigenvalue weighted by atomic mass is 32.2. The highest BCUT2D eigenvalue weighted by Gasteiger charge is 2.51. The van der Waals surface area contributed by atoms with Crippen LogP contribution in [0.25, 0.3) is 0 Å². The Balaban J connectivity index is 1.69. The number of rotatable bonds is 7. The fourth-order valence-electron chi connectivity index (χ4n) is 5.04. The SMILES string of the molecule is Cc1c(C)c(C)c(C(=O)OC2CC3CC2CC3C(=O)OCCS(=O)(=O)O)c(C(=O)O)c1C. The average molecular weight is 469 g/mol. The second-order valence-electron chi connectivity index (χ2n) is 8.79. The highest BCUT2D eigenvalue weighted by Crippen LogP contribution is 2.50. The number of esters is 2. The number of benzene rings is 1. The van der Waals surface area contributed by atoms with Crippen LogP contribution in [-0.4, -0.2) is 54.4 Å². The van der Waals surface area contributed by atoms with Gasteiger partial charge in [0.2, 0.25) is 0 Å².